The second kappa shape index (κ2) is 3.54. The van der Waals surface area contributed by atoms with Crippen molar-refractivity contribution in [3.8, 4) is 5.75 Å². The van der Waals surface area contributed by atoms with Crippen molar-refractivity contribution in [2.24, 2.45) is 0 Å². The van der Waals surface area contributed by atoms with Gasteiger partial charge in [-0.05, 0) is 37.5 Å². The first-order valence-corrected chi connectivity index (χ1v) is 5.30. The summed E-state index contributed by atoms with van der Waals surface area (Å²) in [6.07, 6.45) is 6.48. The van der Waals surface area contributed by atoms with Gasteiger partial charge < -0.3 is 4.74 Å². The Kier molecular flexibility index (Phi) is 2.05. The minimum Gasteiger partial charge on any atom is -0.482 e. The Labute approximate surface area is 88.9 Å². The number of ether oxygens (including phenoxy) is 1. The van der Waals surface area contributed by atoms with Crippen LogP contribution in [0.2, 0.25) is 0 Å². The van der Waals surface area contributed by atoms with Gasteiger partial charge in [-0.3, -0.25) is 4.98 Å². The molecular weight excluding hydrogens is 186 g/mol. The minimum atomic E-state index is 0.940. The highest BCUT2D eigenvalue weighted by Gasteiger charge is 2.21. The van der Waals surface area contributed by atoms with Gasteiger partial charge >= 0.3 is 0 Å². The molecule has 0 saturated heterocycles. The average molecular weight is 198 g/mol. The van der Waals surface area contributed by atoms with E-state index in [4.69, 9.17) is 4.74 Å². The number of para-hydroxylation sites is 1. The first kappa shape index (κ1) is 8.72. The van der Waals surface area contributed by atoms with Gasteiger partial charge in [0, 0.05) is 11.6 Å². The summed E-state index contributed by atoms with van der Waals surface area (Å²) < 4.78 is 5.84. The van der Waals surface area contributed by atoms with Crippen molar-refractivity contribution in [3.05, 3.63) is 42.6 Å². The third-order valence-corrected chi connectivity index (χ3v) is 2.77. The van der Waals surface area contributed by atoms with Gasteiger partial charge in [0.2, 0.25) is 0 Å². The van der Waals surface area contributed by atoms with Crippen LogP contribution >= 0.6 is 0 Å². The first-order chi connectivity index (χ1) is 7.43. The van der Waals surface area contributed by atoms with Crippen LogP contribution in [0.3, 0.4) is 0 Å². The molecule has 0 spiro atoms. The van der Waals surface area contributed by atoms with E-state index in [-0.39, 0.29) is 0 Å². The fourth-order valence-electron chi connectivity index (χ4n) is 1.74. The molecule has 0 aliphatic heterocycles. The van der Waals surface area contributed by atoms with Crippen LogP contribution in [-0.2, 0) is 0 Å². The lowest BCUT2D eigenvalue weighted by Crippen LogP contribution is -2.15. The molecule has 1 heterocycles. The van der Waals surface area contributed by atoms with Crippen LogP contribution in [0.5, 0.6) is 5.75 Å². The highest BCUT2D eigenvalue weighted by molar-refractivity contribution is 5.84. The van der Waals surface area contributed by atoms with Crippen molar-refractivity contribution in [3.63, 3.8) is 0 Å². The number of rotatable bonds is 2. The van der Waals surface area contributed by atoms with E-state index in [1.165, 1.54) is 12.5 Å². The molecule has 1 fully saturated rings. The Hall–Kier alpha value is -1.57. The Morgan fingerprint density at radius 2 is 1.93 bits per heavy atom. The summed E-state index contributed by atoms with van der Waals surface area (Å²) >= 11 is 0. The van der Waals surface area contributed by atoms with Crippen molar-refractivity contribution in [2.45, 2.75) is 19.3 Å². The van der Waals surface area contributed by atoms with Gasteiger partial charge in [-0.15, -0.1) is 0 Å². The molecule has 1 aromatic carbocycles. The van der Waals surface area contributed by atoms with Gasteiger partial charge in [0.05, 0.1) is 5.52 Å². The zero-order valence-corrected chi connectivity index (χ0v) is 8.44. The maximum Gasteiger partial charge on any atom is 0.148 e. The third-order valence-electron chi connectivity index (χ3n) is 2.77. The van der Waals surface area contributed by atoms with Crippen LogP contribution in [0.25, 0.3) is 10.9 Å². The van der Waals surface area contributed by atoms with Crippen molar-refractivity contribution in [1.29, 1.82) is 0 Å². The second-order valence-electron chi connectivity index (χ2n) is 3.82. The summed E-state index contributed by atoms with van der Waals surface area (Å²) in [6.45, 7) is 0. The topological polar surface area (TPSA) is 22.1 Å². The van der Waals surface area contributed by atoms with Crippen LogP contribution in [0, 0.1) is 6.10 Å². The molecule has 1 saturated carbocycles. The SMILES string of the molecule is c1ccc2c(O[C]3CCC3)ccnc2c1. The number of benzene rings is 1. The molecule has 1 radical (unpaired) electrons. The maximum absolute atomic E-state index is 5.84. The molecule has 0 bridgehead atoms. The third kappa shape index (κ3) is 1.56. The Bertz CT molecular complexity index is 471. The molecule has 2 heteroatoms. The van der Waals surface area contributed by atoms with Crippen molar-refractivity contribution in [2.75, 3.05) is 0 Å². The van der Waals surface area contributed by atoms with E-state index in [1.807, 2.05) is 24.3 Å². The molecule has 0 amide bonds. The van der Waals surface area contributed by atoms with E-state index < -0.39 is 0 Å². The highest BCUT2D eigenvalue weighted by atomic mass is 16.5. The summed E-state index contributed by atoms with van der Waals surface area (Å²) in [5, 5.41) is 1.10. The van der Waals surface area contributed by atoms with Crippen LogP contribution in [0.15, 0.2) is 36.5 Å². The fourth-order valence-corrected chi connectivity index (χ4v) is 1.74. The Morgan fingerprint density at radius 1 is 1.07 bits per heavy atom. The van der Waals surface area contributed by atoms with E-state index >= 15 is 0 Å². The van der Waals surface area contributed by atoms with E-state index in [1.54, 1.807) is 6.20 Å². The van der Waals surface area contributed by atoms with Crippen molar-refractivity contribution < 1.29 is 4.74 Å². The Morgan fingerprint density at radius 3 is 2.73 bits per heavy atom. The number of pyridine rings is 1. The predicted molar refractivity (Wildman–Crippen MR) is 59.5 cm³/mol. The van der Waals surface area contributed by atoms with Crippen molar-refractivity contribution >= 4 is 10.9 Å². The number of fused-ring (bicyclic) bond motifs is 1. The largest absolute Gasteiger partial charge is 0.482 e. The summed E-state index contributed by atoms with van der Waals surface area (Å²) in [7, 11) is 0. The van der Waals surface area contributed by atoms with E-state index in [0.29, 0.717) is 0 Å². The van der Waals surface area contributed by atoms with Crippen molar-refractivity contribution in [1.82, 2.24) is 4.98 Å². The minimum absolute atomic E-state index is 0.940. The molecule has 0 N–H and O–H groups in total. The molecule has 2 nitrogen and oxygen atoms in total. The first-order valence-electron chi connectivity index (χ1n) is 5.30. The van der Waals surface area contributed by atoms with Gasteiger partial charge in [0.15, 0.2) is 0 Å². The standard InChI is InChI=1S/C13H12NO/c1-2-7-12-11(6-1)13(8-9-14-12)15-10-4-3-5-10/h1-2,6-9H,3-5H2. The quantitative estimate of drug-likeness (QED) is 0.738. The lowest BCUT2D eigenvalue weighted by atomic mass is 9.96. The number of hydrogen-bond acceptors (Lipinski definition) is 2. The number of nitrogens with zero attached hydrogens (tertiary/aromatic N) is 1. The molecule has 1 aromatic heterocycles. The maximum atomic E-state index is 5.84. The summed E-state index contributed by atoms with van der Waals surface area (Å²) in [6, 6.07) is 10.0. The Balaban J connectivity index is 2.01. The van der Waals surface area contributed by atoms with Crippen LogP contribution < -0.4 is 4.74 Å². The fraction of sp³-hybridized carbons (Fsp3) is 0.231. The molecule has 75 valence electrons. The molecule has 3 rings (SSSR count). The van der Waals surface area contributed by atoms with Crippen LogP contribution in [-0.4, -0.2) is 4.98 Å². The summed E-state index contributed by atoms with van der Waals surface area (Å²) in [4.78, 5) is 4.30. The zero-order valence-electron chi connectivity index (χ0n) is 8.44. The molecule has 2 aromatic rings. The smallest absolute Gasteiger partial charge is 0.148 e. The predicted octanol–water partition coefficient (Wildman–Crippen LogP) is 3.33. The molecule has 15 heavy (non-hydrogen) atoms. The van der Waals surface area contributed by atoms with E-state index in [0.717, 1.165) is 29.5 Å². The highest BCUT2D eigenvalue weighted by Crippen LogP contribution is 2.34. The van der Waals surface area contributed by atoms with E-state index in [2.05, 4.69) is 11.1 Å². The van der Waals surface area contributed by atoms with Gasteiger partial charge in [0.25, 0.3) is 0 Å². The van der Waals surface area contributed by atoms with Gasteiger partial charge in [-0.1, -0.05) is 12.1 Å². The second-order valence-corrected chi connectivity index (χ2v) is 3.82. The number of aromatic nitrogens is 1. The molecular formula is C13H12NO. The molecule has 1 aliphatic carbocycles. The van der Waals surface area contributed by atoms with Gasteiger partial charge in [0.1, 0.15) is 11.9 Å². The van der Waals surface area contributed by atoms with Gasteiger partial charge in [-0.2, -0.15) is 0 Å². The zero-order chi connectivity index (χ0) is 10.1. The molecule has 0 atom stereocenters. The van der Waals surface area contributed by atoms with E-state index in [9.17, 15) is 0 Å². The van der Waals surface area contributed by atoms with Gasteiger partial charge in [-0.25, -0.2) is 0 Å². The normalized spacial score (nSPS) is 16.3. The lowest BCUT2D eigenvalue weighted by molar-refractivity contribution is 0.234. The summed E-state index contributed by atoms with van der Waals surface area (Å²) in [5.74, 6) is 0.940. The monoisotopic (exact) mass is 198 g/mol. The lowest BCUT2D eigenvalue weighted by Gasteiger charge is -2.25. The number of hydrogen-bond donors (Lipinski definition) is 0. The van der Waals surface area contributed by atoms with Crippen LogP contribution in [0.4, 0.5) is 0 Å². The summed E-state index contributed by atoms with van der Waals surface area (Å²) in [5.41, 5.74) is 0.995. The average Bonchev–Trinajstić information content (AvgIpc) is 2.23. The van der Waals surface area contributed by atoms with Crippen LogP contribution in [0.1, 0.15) is 19.3 Å². The molecule has 0 unspecified atom stereocenters. The molecule has 1 aliphatic rings.